The molecule has 0 radical (unpaired) electrons. The van der Waals surface area contributed by atoms with Crippen molar-refractivity contribution < 1.29 is 63.2 Å². The monoisotopic (exact) mass is 412 g/mol. The van der Waals surface area contributed by atoms with Crippen LogP contribution in [-0.2, 0) is 9.53 Å². The molecular formula is C20H31F2NaO5. The van der Waals surface area contributed by atoms with Gasteiger partial charge in [-0.3, -0.25) is 0 Å². The fourth-order valence-corrected chi connectivity index (χ4v) is 4.24. The summed E-state index contributed by atoms with van der Waals surface area (Å²) >= 11 is 0. The van der Waals surface area contributed by atoms with Crippen molar-refractivity contribution in [3.8, 4) is 0 Å². The molecule has 28 heavy (non-hydrogen) atoms. The van der Waals surface area contributed by atoms with Crippen LogP contribution < -0.4 is 34.7 Å². The Kier molecular flexibility index (Phi) is 11.5. The van der Waals surface area contributed by atoms with E-state index in [-0.39, 0.29) is 54.1 Å². The first-order valence-corrected chi connectivity index (χ1v) is 10.1. The quantitative estimate of drug-likeness (QED) is 0.343. The molecule has 7 atom stereocenters. The number of carbonyl (C=O) groups is 1. The molecule has 0 aromatic rings. The zero-order valence-electron chi connectivity index (χ0n) is 16.9. The number of aliphatic hydroxyl groups is 2. The summed E-state index contributed by atoms with van der Waals surface area (Å²) in [6.07, 6.45) is 0.0549. The average molecular weight is 412 g/mol. The summed E-state index contributed by atoms with van der Waals surface area (Å²) in [6, 6.07) is 0. The topological polar surface area (TPSA) is 89.8 Å². The second-order valence-corrected chi connectivity index (χ2v) is 7.78. The number of carboxylic acid groups (broad SMARTS) is 1. The van der Waals surface area contributed by atoms with E-state index in [1.807, 2.05) is 6.92 Å². The zero-order valence-corrected chi connectivity index (χ0v) is 18.9. The van der Waals surface area contributed by atoms with Crippen LogP contribution in [0.25, 0.3) is 0 Å². The number of allylic oxidation sites excluding steroid dienone is 2. The van der Waals surface area contributed by atoms with Crippen LogP contribution in [0.3, 0.4) is 0 Å². The summed E-state index contributed by atoms with van der Waals surface area (Å²) < 4.78 is 34.4. The van der Waals surface area contributed by atoms with Gasteiger partial charge >= 0.3 is 29.6 Å². The number of aliphatic carboxylic acids is 1. The van der Waals surface area contributed by atoms with Crippen LogP contribution in [-0.4, -0.2) is 46.8 Å². The number of carbonyl (C=O) groups excluding carboxylic acids is 1. The molecule has 8 heteroatoms. The molecule has 0 spiro atoms. The summed E-state index contributed by atoms with van der Waals surface area (Å²) in [5, 5.41) is 30.7. The molecule has 2 fully saturated rings. The Balaban J connectivity index is 0.00000392. The SMILES string of the molecule is CCCC[C@H](F)[C@H](O)CC[C@@H]1[C@H]2[C@H](F)/C(=C/CCCC(=O)[O-])O[C@@H]2C[C@H]1O.[Na+]. The van der Waals surface area contributed by atoms with Crippen LogP contribution in [0, 0.1) is 11.8 Å². The Morgan fingerprint density at radius 3 is 2.75 bits per heavy atom. The molecule has 2 N–H and O–H groups in total. The molecule has 0 unspecified atom stereocenters. The summed E-state index contributed by atoms with van der Waals surface area (Å²) in [7, 11) is 0. The van der Waals surface area contributed by atoms with Gasteiger partial charge in [0.2, 0.25) is 0 Å². The van der Waals surface area contributed by atoms with Crippen molar-refractivity contribution in [3.63, 3.8) is 0 Å². The number of aliphatic hydroxyl groups excluding tert-OH is 2. The number of unbranched alkanes of at least 4 members (excludes halogenated alkanes) is 2. The second-order valence-electron chi connectivity index (χ2n) is 7.78. The van der Waals surface area contributed by atoms with Crippen molar-refractivity contribution in [2.24, 2.45) is 11.8 Å². The van der Waals surface area contributed by atoms with E-state index >= 15 is 0 Å². The van der Waals surface area contributed by atoms with Gasteiger partial charge in [-0.25, -0.2) is 8.78 Å². The smallest absolute Gasteiger partial charge is 0.550 e. The molecule has 0 amide bonds. The number of hydrogen-bond donors (Lipinski definition) is 2. The zero-order chi connectivity index (χ0) is 20.0. The van der Waals surface area contributed by atoms with Gasteiger partial charge in [-0.1, -0.05) is 19.8 Å². The molecule has 2 aliphatic rings. The van der Waals surface area contributed by atoms with Gasteiger partial charge in [0.05, 0.1) is 12.2 Å². The summed E-state index contributed by atoms with van der Waals surface area (Å²) in [5.41, 5.74) is 0. The summed E-state index contributed by atoms with van der Waals surface area (Å²) in [4.78, 5) is 10.4. The molecule has 0 bridgehead atoms. The van der Waals surface area contributed by atoms with Gasteiger partial charge < -0.3 is 24.9 Å². The Labute approximate surface area is 187 Å². The van der Waals surface area contributed by atoms with Crippen LogP contribution in [0.1, 0.15) is 64.7 Å². The normalized spacial score (nSPS) is 32.5. The number of rotatable bonds is 11. The Hall–Kier alpha value is -0.210. The molecule has 1 heterocycles. The third kappa shape index (κ3) is 6.94. The van der Waals surface area contributed by atoms with Crippen molar-refractivity contribution >= 4 is 5.97 Å². The van der Waals surface area contributed by atoms with Crippen molar-refractivity contribution in [2.75, 3.05) is 0 Å². The minimum Gasteiger partial charge on any atom is -0.550 e. The molecular weight excluding hydrogens is 381 g/mol. The molecule has 0 aromatic carbocycles. The van der Waals surface area contributed by atoms with Gasteiger partial charge in [-0.2, -0.15) is 0 Å². The van der Waals surface area contributed by atoms with Gasteiger partial charge in [0.25, 0.3) is 0 Å². The van der Waals surface area contributed by atoms with Crippen molar-refractivity contribution in [3.05, 3.63) is 11.8 Å². The first kappa shape index (κ1) is 25.8. The predicted octanol–water partition coefficient (Wildman–Crippen LogP) is -0.802. The predicted molar refractivity (Wildman–Crippen MR) is 94.0 cm³/mol. The third-order valence-corrected chi connectivity index (χ3v) is 5.77. The fourth-order valence-electron chi connectivity index (χ4n) is 4.24. The van der Waals surface area contributed by atoms with E-state index in [1.54, 1.807) is 6.08 Å². The second kappa shape index (κ2) is 12.5. The molecule has 1 saturated carbocycles. The maximum atomic E-state index is 14.8. The Morgan fingerprint density at radius 2 is 2.11 bits per heavy atom. The summed E-state index contributed by atoms with van der Waals surface area (Å²) in [5.74, 6) is -1.83. The van der Waals surface area contributed by atoms with Crippen molar-refractivity contribution in [1.29, 1.82) is 0 Å². The summed E-state index contributed by atoms with van der Waals surface area (Å²) in [6.45, 7) is 1.96. The fraction of sp³-hybridized carbons (Fsp3) is 0.850. The minimum atomic E-state index is -1.36. The number of carboxylic acids is 1. The van der Waals surface area contributed by atoms with E-state index in [4.69, 9.17) is 4.74 Å². The van der Waals surface area contributed by atoms with Crippen LogP contribution in [0.15, 0.2) is 11.8 Å². The van der Waals surface area contributed by atoms with E-state index in [2.05, 4.69) is 0 Å². The molecule has 1 aliphatic carbocycles. The van der Waals surface area contributed by atoms with E-state index in [1.165, 1.54) is 0 Å². The van der Waals surface area contributed by atoms with Gasteiger partial charge in [-0.05, 0) is 50.5 Å². The van der Waals surface area contributed by atoms with Crippen molar-refractivity contribution in [2.45, 2.75) is 95.4 Å². The van der Waals surface area contributed by atoms with E-state index in [0.29, 0.717) is 38.5 Å². The third-order valence-electron chi connectivity index (χ3n) is 5.77. The van der Waals surface area contributed by atoms with E-state index in [9.17, 15) is 28.9 Å². The molecule has 5 nitrogen and oxygen atoms in total. The molecule has 0 aromatic heterocycles. The van der Waals surface area contributed by atoms with Crippen LogP contribution in [0.5, 0.6) is 0 Å². The van der Waals surface area contributed by atoms with Gasteiger partial charge in [-0.15, -0.1) is 0 Å². The Bertz CT molecular complexity index is 519. The van der Waals surface area contributed by atoms with Gasteiger partial charge in [0.1, 0.15) is 18.0 Å². The molecule has 2 rings (SSSR count). The minimum absolute atomic E-state index is 0. The average Bonchev–Trinajstić information content (AvgIpc) is 3.09. The van der Waals surface area contributed by atoms with Crippen LogP contribution in [0.2, 0.25) is 0 Å². The molecule has 1 aliphatic heterocycles. The largest absolute Gasteiger partial charge is 1.00 e. The van der Waals surface area contributed by atoms with Crippen molar-refractivity contribution in [1.82, 2.24) is 0 Å². The number of hydrogen-bond acceptors (Lipinski definition) is 5. The first-order chi connectivity index (χ1) is 12.8. The van der Waals surface area contributed by atoms with E-state index in [0.717, 1.165) is 6.42 Å². The maximum absolute atomic E-state index is 14.8. The maximum Gasteiger partial charge on any atom is 1.00 e. The number of alkyl halides is 2. The standard InChI is InChI=1S/C20H32F2O5.Na/c1-2-3-6-13(21)14(23)10-9-12-15(24)11-17-19(12)20(22)16(27-17)7-4-5-8-18(25)26;/h7,12-15,17,19-20,23-24H,2-6,8-11H2,1H3,(H,25,26);/q;+1/p-1/b16-7-;/t12-,13-,14+,15+,17+,19+,20+;/m0./s1. The molecule has 156 valence electrons. The van der Waals surface area contributed by atoms with Crippen LogP contribution in [0.4, 0.5) is 8.78 Å². The Morgan fingerprint density at radius 1 is 1.39 bits per heavy atom. The molecule has 1 saturated heterocycles. The number of ether oxygens (including phenoxy) is 1. The number of fused-ring (bicyclic) bond motifs is 1. The number of halogens is 2. The van der Waals surface area contributed by atoms with Gasteiger partial charge in [0, 0.05) is 18.3 Å². The van der Waals surface area contributed by atoms with E-state index < -0.39 is 42.5 Å². The van der Waals surface area contributed by atoms with Crippen LogP contribution >= 0.6 is 0 Å². The van der Waals surface area contributed by atoms with Gasteiger partial charge in [0.15, 0.2) is 6.17 Å². The first-order valence-electron chi connectivity index (χ1n) is 10.1.